The van der Waals surface area contributed by atoms with E-state index in [0.717, 1.165) is 49.1 Å². The quantitative estimate of drug-likeness (QED) is 0.495. The van der Waals surface area contributed by atoms with Gasteiger partial charge in [-0.1, -0.05) is 24.6 Å². The SMILES string of the molecule is CC1=CC=CCC2=C1CCN(CCCCCc1ccc3c(n1)N/C(=C\O)C=C3)C2. The molecule has 0 unspecified atom stereocenters. The largest absolute Gasteiger partial charge is 0.513 e. The lowest BCUT2D eigenvalue weighted by molar-refractivity contribution is 0.277. The molecule has 4 nitrogen and oxygen atoms in total. The maximum Gasteiger partial charge on any atom is 0.138 e. The number of unbranched alkanes of at least 4 members (excludes halogenated alkanes) is 2. The maximum absolute atomic E-state index is 9.17. The molecular formula is C25H31N3O. The smallest absolute Gasteiger partial charge is 0.138 e. The molecule has 0 fully saturated rings. The lowest BCUT2D eigenvalue weighted by atomic mass is 9.93. The third-order valence-corrected chi connectivity index (χ3v) is 6.08. The van der Waals surface area contributed by atoms with Crippen LogP contribution in [0.4, 0.5) is 5.82 Å². The van der Waals surface area contributed by atoms with E-state index in [-0.39, 0.29) is 0 Å². The fraction of sp³-hybridized carbons (Fsp3) is 0.400. The van der Waals surface area contributed by atoms with Crippen molar-refractivity contribution in [2.75, 3.05) is 25.0 Å². The Kier molecular flexibility index (Phi) is 6.30. The number of aromatic nitrogens is 1. The Bertz CT molecular complexity index is 905. The van der Waals surface area contributed by atoms with Gasteiger partial charge >= 0.3 is 0 Å². The van der Waals surface area contributed by atoms with Gasteiger partial charge in [-0.15, -0.1) is 0 Å². The summed E-state index contributed by atoms with van der Waals surface area (Å²) in [6.07, 6.45) is 18.6. The van der Waals surface area contributed by atoms with Crippen LogP contribution in [0.2, 0.25) is 0 Å². The molecule has 1 aromatic rings. The van der Waals surface area contributed by atoms with Gasteiger partial charge in [-0.05, 0) is 86.6 Å². The van der Waals surface area contributed by atoms with E-state index in [2.05, 4.69) is 47.5 Å². The number of nitrogens with one attached hydrogen (secondary N) is 1. The van der Waals surface area contributed by atoms with E-state index in [9.17, 15) is 0 Å². The van der Waals surface area contributed by atoms with Gasteiger partial charge in [0.2, 0.25) is 0 Å². The summed E-state index contributed by atoms with van der Waals surface area (Å²) in [5, 5.41) is 12.3. The molecule has 2 N–H and O–H groups in total. The zero-order valence-corrected chi connectivity index (χ0v) is 17.3. The van der Waals surface area contributed by atoms with E-state index in [1.165, 1.54) is 37.9 Å². The molecule has 4 heteroatoms. The first-order chi connectivity index (χ1) is 14.2. The Morgan fingerprint density at radius 3 is 3.03 bits per heavy atom. The maximum atomic E-state index is 9.17. The van der Waals surface area contributed by atoms with Crippen LogP contribution >= 0.6 is 0 Å². The summed E-state index contributed by atoms with van der Waals surface area (Å²) in [5.74, 6) is 0.837. The van der Waals surface area contributed by atoms with Crippen LogP contribution in [0.3, 0.4) is 0 Å². The Morgan fingerprint density at radius 1 is 1.21 bits per heavy atom. The topological polar surface area (TPSA) is 48.4 Å². The molecule has 0 amide bonds. The van der Waals surface area contributed by atoms with Crippen molar-refractivity contribution < 1.29 is 5.11 Å². The summed E-state index contributed by atoms with van der Waals surface area (Å²) < 4.78 is 0. The van der Waals surface area contributed by atoms with Crippen LogP contribution in [-0.4, -0.2) is 34.6 Å². The number of hydrogen-bond donors (Lipinski definition) is 2. The van der Waals surface area contributed by atoms with Crippen molar-refractivity contribution in [3.63, 3.8) is 0 Å². The van der Waals surface area contributed by atoms with Crippen molar-refractivity contribution >= 4 is 11.9 Å². The Hall–Kier alpha value is -2.59. The van der Waals surface area contributed by atoms with Crippen LogP contribution in [0, 0.1) is 0 Å². The monoisotopic (exact) mass is 389 g/mol. The number of aliphatic hydroxyl groups is 1. The molecule has 0 spiro atoms. The molecule has 29 heavy (non-hydrogen) atoms. The van der Waals surface area contributed by atoms with Gasteiger partial charge in [-0.25, -0.2) is 4.98 Å². The Morgan fingerprint density at radius 2 is 2.14 bits per heavy atom. The molecule has 4 rings (SSSR count). The summed E-state index contributed by atoms with van der Waals surface area (Å²) in [7, 11) is 0. The predicted molar refractivity (Wildman–Crippen MR) is 121 cm³/mol. The second-order valence-corrected chi connectivity index (χ2v) is 8.18. The molecule has 0 aromatic carbocycles. The second kappa shape index (κ2) is 9.27. The minimum Gasteiger partial charge on any atom is -0.513 e. The van der Waals surface area contributed by atoms with E-state index in [4.69, 9.17) is 10.1 Å². The van der Waals surface area contributed by atoms with Gasteiger partial charge in [0.1, 0.15) is 12.1 Å². The van der Waals surface area contributed by atoms with Gasteiger partial charge in [0.05, 0.1) is 5.70 Å². The number of hydrogen-bond acceptors (Lipinski definition) is 4. The molecule has 1 aromatic heterocycles. The summed E-state index contributed by atoms with van der Waals surface area (Å²) in [5.41, 5.74) is 7.54. The molecule has 152 valence electrons. The average molecular weight is 390 g/mol. The highest BCUT2D eigenvalue weighted by molar-refractivity contribution is 5.71. The zero-order chi connectivity index (χ0) is 20.1. The highest BCUT2D eigenvalue weighted by atomic mass is 16.2. The third kappa shape index (κ3) is 4.88. The fourth-order valence-electron chi connectivity index (χ4n) is 4.40. The first kappa shape index (κ1) is 19.7. The molecule has 0 saturated heterocycles. The second-order valence-electron chi connectivity index (χ2n) is 8.18. The zero-order valence-electron chi connectivity index (χ0n) is 17.3. The molecule has 1 aliphatic carbocycles. The third-order valence-electron chi connectivity index (χ3n) is 6.08. The molecule has 3 aliphatic rings. The number of pyridine rings is 1. The van der Waals surface area contributed by atoms with Crippen LogP contribution in [-0.2, 0) is 6.42 Å². The van der Waals surface area contributed by atoms with E-state index in [0.29, 0.717) is 5.70 Å². The van der Waals surface area contributed by atoms with Crippen LogP contribution in [0.15, 0.2) is 65.1 Å². The Labute approximate surface area is 174 Å². The van der Waals surface area contributed by atoms with Crippen molar-refractivity contribution in [1.82, 2.24) is 9.88 Å². The average Bonchev–Trinajstić information content (AvgIpc) is 2.94. The number of aliphatic hydroxyl groups excluding tert-OH is 1. The predicted octanol–water partition coefficient (Wildman–Crippen LogP) is 5.54. The number of nitrogens with zero attached hydrogens (tertiary/aromatic N) is 2. The van der Waals surface area contributed by atoms with Gasteiger partial charge in [0, 0.05) is 24.3 Å². The van der Waals surface area contributed by atoms with Crippen LogP contribution in [0.25, 0.3) is 6.08 Å². The number of allylic oxidation sites excluding steroid dienone is 5. The van der Waals surface area contributed by atoms with E-state index < -0.39 is 0 Å². The minimum atomic E-state index is 0.678. The molecule has 2 aliphatic heterocycles. The van der Waals surface area contributed by atoms with Crippen molar-refractivity contribution in [2.24, 2.45) is 0 Å². The molecule has 0 radical (unpaired) electrons. The molecule has 3 heterocycles. The van der Waals surface area contributed by atoms with E-state index in [1.54, 1.807) is 11.1 Å². The van der Waals surface area contributed by atoms with Crippen LogP contribution in [0.5, 0.6) is 0 Å². The molecule has 0 atom stereocenters. The normalized spacial score (nSPS) is 20.2. The van der Waals surface area contributed by atoms with Crippen LogP contribution < -0.4 is 5.32 Å². The minimum absolute atomic E-state index is 0.678. The number of anilines is 1. The number of aryl methyl sites for hydroxylation is 1. The standard InChI is InChI=1S/C25H31N3O/c1-19-7-4-5-8-21-17-28(16-14-24(19)21)15-6-2-3-9-22-12-10-20-11-13-23(18-29)27-25(20)26-22/h4-5,7,10-13,18,29H,2-3,6,8-9,14-17H2,1H3,(H,26,27)/b23-18-. The summed E-state index contributed by atoms with van der Waals surface area (Å²) >= 11 is 0. The number of rotatable bonds is 6. The van der Waals surface area contributed by atoms with Gasteiger partial charge in [0.25, 0.3) is 0 Å². The highest BCUT2D eigenvalue weighted by Crippen LogP contribution is 2.29. The van der Waals surface area contributed by atoms with Crippen molar-refractivity contribution in [3.05, 3.63) is 76.4 Å². The Balaban J connectivity index is 1.21. The summed E-state index contributed by atoms with van der Waals surface area (Å²) in [6.45, 7) is 5.77. The van der Waals surface area contributed by atoms with Gasteiger partial charge < -0.3 is 10.4 Å². The fourth-order valence-corrected chi connectivity index (χ4v) is 4.40. The molecule has 0 bridgehead atoms. The first-order valence-corrected chi connectivity index (χ1v) is 10.8. The van der Waals surface area contributed by atoms with Gasteiger partial charge in [0.15, 0.2) is 0 Å². The first-order valence-electron chi connectivity index (χ1n) is 10.8. The van der Waals surface area contributed by atoms with Gasteiger partial charge in [-0.2, -0.15) is 0 Å². The van der Waals surface area contributed by atoms with Crippen molar-refractivity contribution in [1.29, 1.82) is 0 Å². The molecular weight excluding hydrogens is 358 g/mol. The van der Waals surface area contributed by atoms with Gasteiger partial charge in [-0.3, -0.25) is 4.90 Å². The highest BCUT2D eigenvalue weighted by Gasteiger charge is 2.19. The van der Waals surface area contributed by atoms with Crippen molar-refractivity contribution in [3.8, 4) is 0 Å². The lowest BCUT2D eigenvalue weighted by Gasteiger charge is -2.30. The van der Waals surface area contributed by atoms with Crippen molar-refractivity contribution in [2.45, 2.75) is 45.4 Å². The van der Waals surface area contributed by atoms with E-state index >= 15 is 0 Å². The summed E-state index contributed by atoms with van der Waals surface area (Å²) in [6, 6.07) is 4.22. The van der Waals surface area contributed by atoms with E-state index in [1.807, 2.05) is 12.2 Å². The number of fused-ring (bicyclic) bond motifs is 1. The molecule has 0 saturated carbocycles. The van der Waals surface area contributed by atoms with Crippen LogP contribution in [0.1, 0.15) is 50.3 Å². The lowest BCUT2D eigenvalue weighted by Crippen LogP contribution is -2.32. The summed E-state index contributed by atoms with van der Waals surface area (Å²) in [4.78, 5) is 7.34.